The van der Waals surface area contributed by atoms with E-state index >= 15 is 0 Å². The van der Waals surface area contributed by atoms with E-state index in [1.807, 2.05) is 20.8 Å². The quantitative estimate of drug-likeness (QED) is 0.862. The van der Waals surface area contributed by atoms with E-state index in [2.05, 4.69) is 24.0 Å². The molecule has 1 aromatic rings. The summed E-state index contributed by atoms with van der Waals surface area (Å²) in [5.41, 5.74) is 7.60. The van der Waals surface area contributed by atoms with Crippen LogP contribution in [0.4, 0.5) is 5.69 Å². The van der Waals surface area contributed by atoms with Gasteiger partial charge in [-0.3, -0.25) is 9.89 Å². The Morgan fingerprint density at radius 3 is 2.22 bits per heavy atom. The molecule has 0 aromatic carbocycles. The predicted octanol–water partition coefficient (Wildman–Crippen LogP) is 2.23. The number of hydrogen-bond acceptors (Lipinski definition) is 3. The lowest BCUT2D eigenvalue weighted by Gasteiger charge is -2.27. The Bertz CT molecular complexity index is 423. The third kappa shape index (κ3) is 2.66. The van der Waals surface area contributed by atoms with Gasteiger partial charge in [-0.25, -0.2) is 0 Å². The van der Waals surface area contributed by atoms with Gasteiger partial charge in [-0.2, -0.15) is 5.10 Å². The standard InChI is InChI=1S/C13H24N4O/c1-7(2)9(5)17(6)13(18)12-10(14)11(8(3)4)15-16-12/h7-9H,14H2,1-6H3,(H,15,16). The highest BCUT2D eigenvalue weighted by molar-refractivity contribution is 5.97. The molecule has 0 saturated carbocycles. The zero-order valence-corrected chi connectivity index (χ0v) is 12.1. The number of carbonyl (C=O) groups excluding carboxylic acids is 1. The maximum absolute atomic E-state index is 12.3. The van der Waals surface area contributed by atoms with E-state index in [-0.39, 0.29) is 17.9 Å². The van der Waals surface area contributed by atoms with E-state index in [1.54, 1.807) is 11.9 Å². The smallest absolute Gasteiger partial charge is 0.276 e. The molecule has 1 aromatic heterocycles. The van der Waals surface area contributed by atoms with E-state index in [0.29, 0.717) is 17.3 Å². The first-order valence-corrected chi connectivity index (χ1v) is 6.38. The fourth-order valence-corrected chi connectivity index (χ4v) is 1.77. The molecule has 0 aliphatic rings. The number of rotatable bonds is 4. The van der Waals surface area contributed by atoms with Crippen molar-refractivity contribution in [2.75, 3.05) is 12.8 Å². The number of aromatic amines is 1. The van der Waals surface area contributed by atoms with Crippen LogP contribution >= 0.6 is 0 Å². The van der Waals surface area contributed by atoms with Crippen LogP contribution < -0.4 is 5.73 Å². The van der Waals surface area contributed by atoms with Crippen LogP contribution in [0.15, 0.2) is 0 Å². The van der Waals surface area contributed by atoms with Crippen LogP contribution in [0.25, 0.3) is 0 Å². The van der Waals surface area contributed by atoms with Crippen LogP contribution in [0.5, 0.6) is 0 Å². The van der Waals surface area contributed by atoms with Crippen LogP contribution in [0, 0.1) is 5.92 Å². The van der Waals surface area contributed by atoms with E-state index in [1.165, 1.54) is 0 Å². The summed E-state index contributed by atoms with van der Waals surface area (Å²) in [6.07, 6.45) is 0. The summed E-state index contributed by atoms with van der Waals surface area (Å²) in [5, 5.41) is 6.91. The lowest BCUT2D eigenvalue weighted by atomic mass is 10.0. The van der Waals surface area contributed by atoms with Crippen molar-refractivity contribution < 1.29 is 4.79 Å². The third-order valence-electron chi connectivity index (χ3n) is 3.51. The summed E-state index contributed by atoms with van der Waals surface area (Å²) >= 11 is 0. The minimum absolute atomic E-state index is 0.128. The molecule has 5 nitrogen and oxygen atoms in total. The van der Waals surface area contributed by atoms with Crippen molar-refractivity contribution in [1.82, 2.24) is 15.1 Å². The summed E-state index contributed by atoms with van der Waals surface area (Å²) in [6.45, 7) is 10.2. The molecule has 0 spiro atoms. The van der Waals surface area contributed by atoms with Crippen molar-refractivity contribution in [3.05, 3.63) is 11.4 Å². The van der Waals surface area contributed by atoms with Gasteiger partial charge < -0.3 is 10.6 Å². The monoisotopic (exact) mass is 252 g/mol. The van der Waals surface area contributed by atoms with E-state index < -0.39 is 0 Å². The molecular formula is C13H24N4O. The molecule has 5 heteroatoms. The third-order valence-corrected chi connectivity index (χ3v) is 3.51. The molecule has 1 atom stereocenters. The molecule has 1 unspecified atom stereocenters. The van der Waals surface area contributed by atoms with Gasteiger partial charge in [-0.1, -0.05) is 27.7 Å². The number of nitrogen functional groups attached to an aromatic ring is 1. The molecule has 0 radical (unpaired) electrons. The number of hydrogen-bond donors (Lipinski definition) is 2. The molecular weight excluding hydrogens is 228 g/mol. The van der Waals surface area contributed by atoms with Crippen molar-refractivity contribution in [2.45, 2.75) is 46.6 Å². The molecule has 1 amide bonds. The van der Waals surface area contributed by atoms with Crippen LogP contribution in [-0.2, 0) is 0 Å². The fourth-order valence-electron chi connectivity index (χ4n) is 1.77. The van der Waals surface area contributed by atoms with Crippen LogP contribution in [-0.4, -0.2) is 34.1 Å². The number of anilines is 1. The highest BCUT2D eigenvalue weighted by Gasteiger charge is 2.25. The molecule has 0 saturated heterocycles. The number of nitrogens with two attached hydrogens (primary N) is 1. The molecule has 3 N–H and O–H groups in total. The first kappa shape index (κ1) is 14.5. The molecule has 0 bridgehead atoms. The Hall–Kier alpha value is -1.52. The average Bonchev–Trinajstić information content (AvgIpc) is 2.68. The summed E-state index contributed by atoms with van der Waals surface area (Å²) in [7, 11) is 1.79. The van der Waals surface area contributed by atoms with E-state index in [9.17, 15) is 4.79 Å². The summed E-state index contributed by atoms with van der Waals surface area (Å²) in [6, 6.07) is 0.149. The second-order valence-corrected chi connectivity index (χ2v) is 5.45. The Labute approximate surface area is 109 Å². The highest BCUT2D eigenvalue weighted by atomic mass is 16.2. The lowest BCUT2D eigenvalue weighted by Crippen LogP contribution is -2.38. The normalized spacial score (nSPS) is 13.1. The molecule has 1 heterocycles. The first-order valence-electron chi connectivity index (χ1n) is 6.38. The maximum Gasteiger partial charge on any atom is 0.276 e. The number of H-pyrrole nitrogens is 1. The van der Waals surface area contributed by atoms with Crippen LogP contribution in [0.3, 0.4) is 0 Å². The molecule has 0 aliphatic heterocycles. The van der Waals surface area contributed by atoms with Crippen molar-refractivity contribution in [2.24, 2.45) is 5.92 Å². The van der Waals surface area contributed by atoms with Crippen molar-refractivity contribution in [1.29, 1.82) is 0 Å². The Morgan fingerprint density at radius 2 is 1.83 bits per heavy atom. The van der Waals surface area contributed by atoms with Crippen molar-refractivity contribution >= 4 is 11.6 Å². The molecule has 0 aliphatic carbocycles. The zero-order valence-electron chi connectivity index (χ0n) is 12.1. The second-order valence-electron chi connectivity index (χ2n) is 5.45. The average molecular weight is 252 g/mol. The highest BCUT2D eigenvalue weighted by Crippen LogP contribution is 2.23. The molecule has 0 fully saturated rings. The number of carbonyl (C=O) groups is 1. The van der Waals surface area contributed by atoms with Crippen LogP contribution in [0.1, 0.15) is 56.7 Å². The second kappa shape index (κ2) is 5.42. The van der Waals surface area contributed by atoms with Gasteiger partial charge in [-0.15, -0.1) is 0 Å². The molecule has 102 valence electrons. The number of aromatic nitrogens is 2. The Morgan fingerprint density at radius 1 is 1.28 bits per heavy atom. The van der Waals surface area contributed by atoms with E-state index in [4.69, 9.17) is 5.73 Å². The zero-order chi connectivity index (χ0) is 14.0. The van der Waals surface area contributed by atoms with Gasteiger partial charge >= 0.3 is 0 Å². The fraction of sp³-hybridized carbons (Fsp3) is 0.692. The Kier molecular flexibility index (Phi) is 4.38. The Balaban J connectivity index is 2.98. The van der Waals surface area contributed by atoms with E-state index in [0.717, 1.165) is 5.69 Å². The molecule has 18 heavy (non-hydrogen) atoms. The van der Waals surface area contributed by atoms with Gasteiger partial charge in [-0.05, 0) is 18.8 Å². The minimum Gasteiger partial charge on any atom is -0.395 e. The van der Waals surface area contributed by atoms with Crippen molar-refractivity contribution in [3.8, 4) is 0 Å². The van der Waals surface area contributed by atoms with Gasteiger partial charge in [0.1, 0.15) is 0 Å². The number of nitrogens with one attached hydrogen (secondary N) is 1. The number of nitrogens with zero attached hydrogens (tertiary/aromatic N) is 2. The number of amides is 1. The lowest BCUT2D eigenvalue weighted by molar-refractivity contribution is 0.0702. The molecule has 1 rings (SSSR count). The topological polar surface area (TPSA) is 75.0 Å². The van der Waals surface area contributed by atoms with Gasteiger partial charge in [0.05, 0.1) is 11.4 Å². The van der Waals surface area contributed by atoms with Gasteiger partial charge in [0.25, 0.3) is 5.91 Å². The SMILES string of the molecule is CC(C)c1[nH]nc(C(=O)N(C)C(C)C(C)C)c1N. The summed E-state index contributed by atoms with van der Waals surface area (Å²) < 4.78 is 0. The van der Waals surface area contributed by atoms with Gasteiger partial charge in [0.2, 0.25) is 0 Å². The van der Waals surface area contributed by atoms with Gasteiger partial charge in [0, 0.05) is 13.1 Å². The maximum atomic E-state index is 12.3. The predicted molar refractivity (Wildman–Crippen MR) is 73.5 cm³/mol. The first-order chi connectivity index (χ1) is 8.27. The summed E-state index contributed by atoms with van der Waals surface area (Å²) in [4.78, 5) is 14.0. The van der Waals surface area contributed by atoms with Gasteiger partial charge in [0.15, 0.2) is 5.69 Å². The largest absolute Gasteiger partial charge is 0.395 e. The minimum atomic E-state index is -0.128. The van der Waals surface area contributed by atoms with Crippen molar-refractivity contribution in [3.63, 3.8) is 0 Å². The summed E-state index contributed by atoms with van der Waals surface area (Å²) in [5.74, 6) is 0.493. The van der Waals surface area contributed by atoms with Crippen LogP contribution in [0.2, 0.25) is 0 Å².